The molecule has 1 amide bonds. The number of rotatable bonds is 7. The first kappa shape index (κ1) is 18.3. The Kier molecular flexibility index (Phi) is 6.22. The Morgan fingerprint density at radius 1 is 1.38 bits per heavy atom. The summed E-state index contributed by atoms with van der Waals surface area (Å²) in [6, 6.07) is 7.48. The van der Waals surface area contributed by atoms with Gasteiger partial charge < -0.3 is 5.32 Å². The molecule has 0 bridgehead atoms. The van der Waals surface area contributed by atoms with Crippen molar-refractivity contribution in [2.45, 2.75) is 25.3 Å². The van der Waals surface area contributed by atoms with Gasteiger partial charge in [0.2, 0.25) is 5.91 Å². The third-order valence-corrected chi connectivity index (χ3v) is 4.59. The number of amides is 1. The molecule has 0 saturated carbocycles. The summed E-state index contributed by atoms with van der Waals surface area (Å²) in [5, 5.41) is 18.5. The fourth-order valence-electron chi connectivity index (χ4n) is 2.19. The summed E-state index contributed by atoms with van der Waals surface area (Å²) >= 11 is 7.43. The monoisotopic (exact) mass is 368 g/mol. The number of benzene rings is 1. The minimum Gasteiger partial charge on any atom is -0.354 e. The molecule has 0 aliphatic rings. The zero-order chi connectivity index (χ0) is 17.7. The van der Waals surface area contributed by atoms with Crippen LogP contribution in [-0.2, 0) is 11.3 Å². The standard InChI is InChI=1S/C15H17ClN4O3S/c1-10-15(20(22)23)11(2)19(18-10)9-14(21)17-7-8-24-13-5-3-12(16)4-6-13/h3-6H,7-9H2,1-2H3,(H,17,21). The molecule has 0 aliphatic carbocycles. The summed E-state index contributed by atoms with van der Waals surface area (Å²) in [5.74, 6) is 0.483. The van der Waals surface area contributed by atoms with E-state index in [0.29, 0.717) is 28.7 Å². The number of nitro groups is 1. The van der Waals surface area contributed by atoms with Crippen molar-refractivity contribution < 1.29 is 9.72 Å². The maximum Gasteiger partial charge on any atom is 0.312 e. The molecule has 0 spiro atoms. The zero-order valence-electron chi connectivity index (χ0n) is 13.3. The van der Waals surface area contributed by atoms with Crippen LogP contribution >= 0.6 is 23.4 Å². The molecule has 0 radical (unpaired) electrons. The first-order chi connectivity index (χ1) is 11.4. The lowest BCUT2D eigenvalue weighted by Gasteiger charge is -2.06. The number of aromatic nitrogens is 2. The van der Waals surface area contributed by atoms with Crippen molar-refractivity contribution in [1.82, 2.24) is 15.1 Å². The number of hydrogen-bond donors (Lipinski definition) is 1. The summed E-state index contributed by atoms with van der Waals surface area (Å²) in [6.45, 7) is 3.60. The van der Waals surface area contributed by atoms with Crippen LogP contribution in [0.1, 0.15) is 11.4 Å². The number of carbonyl (C=O) groups is 1. The van der Waals surface area contributed by atoms with Crippen LogP contribution in [0.25, 0.3) is 0 Å². The lowest BCUT2D eigenvalue weighted by Crippen LogP contribution is -2.30. The van der Waals surface area contributed by atoms with E-state index in [1.54, 1.807) is 25.6 Å². The van der Waals surface area contributed by atoms with Gasteiger partial charge >= 0.3 is 5.69 Å². The van der Waals surface area contributed by atoms with Gasteiger partial charge in [0, 0.05) is 22.2 Å². The summed E-state index contributed by atoms with van der Waals surface area (Å²) in [4.78, 5) is 23.5. The van der Waals surface area contributed by atoms with E-state index in [1.807, 2.05) is 24.3 Å². The van der Waals surface area contributed by atoms with Crippen LogP contribution < -0.4 is 5.32 Å². The van der Waals surface area contributed by atoms with Gasteiger partial charge in [-0.1, -0.05) is 11.6 Å². The Morgan fingerprint density at radius 3 is 2.62 bits per heavy atom. The highest BCUT2D eigenvalue weighted by molar-refractivity contribution is 7.99. The highest BCUT2D eigenvalue weighted by Gasteiger charge is 2.22. The maximum atomic E-state index is 11.9. The number of carbonyl (C=O) groups excluding carboxylic acids is 1. The third kappa shape index (κ3) is 4.72. The second-order valence-corrected chi connectivity index (χ2v) is 6.69. The highest BCUT2D eigenvalue weighted by atomic mass is 35.5. The van der Waals surface area contributed by atoms with E-state index in [2.05, 4.69) is 10.4 Å². The molecule has 1 heterocycles. The number of nitrogens with zero attached hydrogens (tertiary/aromatic N) is 3. The van der Waals surface area contributed by atoms with Crippen molar-refractivity contribution in [2.75, 3.05) is 12.3 Å². The molecule has 1 N–H and O–H groups in total. The van der Waals surface area contributed by atoms with Crippen LogP contribution in [0.15, 0.2) is 29.2 Å². The van der Waals surface area contributed by atoms with Crippen LogP contribution in [0.3, 0.4) is 0 Å². The van der Waals surface area contributed by atoms with E-state index in [0.717, 1.165) is 4.90 Å². The van der Waals surface area contributed by atoms with Gasteiger partial charge in [-0.25, -0.2) is 0 Å². The van der Waals surface area contributed by atoms with Crippen molar-refractivity contribution in [3.8, 4) is 0 Å². The summed E-state index contributed by atoms with van der Waals surface area (Å²) < 4.78 is 1.36. The van der Waals surface area contributed by atoms with Gasteiger partial charge in [0.25, 0.3) is 0 Å². The Hall–Kier alpha value is -2.06. The molecule has 0 unspecified atom stereocenters. The second-order valence-electron chi connectivity index (χ2n) is 5.09. The quantitative estimate of drug-likeness (QED) is 0.351. The molecule has 2 rings (SSSR count). The SMILES string of the molecule is Cc1nn(CC(=O)NCCSc2ccc(Cl)cc2)c(C)c1[N+](=O)[O-]. The van der Waals surface area contributed by atoms with E-state index in [-0.39, 0.29) is 18.1 Å². The Balaban J connectivity index is 1.80. The predicted octanol–water partition coefficient (Wildman–Crippen LogP) is 2.97. The fraction of sp³-hybridized carbons (Fsp3) is 0.333. The van der Waals surface area contributed by atoms with Crippen LogP contribution in [0, 0.1) is 24.0 Å². The van der Waals surface area contributed by atoms with E-state index >= 15 is 0 Å². The lowest BCUT2D eigenvalue weighted by atomic mass is 10.3. The van der Waals surface area contributed by atoms with Crippen molar-refractivity contribution in [2.24, 2.45) is 0 Å². The highest BCUT2D eigenvalue weighted by Crippen LogP contribution is 2.21. The summed E-state index contributed by atoms with van der Waals surface area (Å²) in [7, 11) is 0. The van der Waals surface area contributed by atoms with Crippen molar-refractivity contribution in [3.63, 3.8) is 0 Å². The van der Waals surface area contributed by atoms with E-state index in [4.69, 9.17) is 11.6 Å². The van der Waals surface area contributed by atoms with Crippen molar-refractivity contribution in [3.05, 3.63) is 50.8 Å². The Bertz CT molecular complexity index is 746. The number of nitrogens with one attached hydrogen (secondary N) is 1. The average molecular weight is 369 g/mol. The molecule has 0 fully saturated rings. The van der Waals surface area contributed by atoms with Gasteiger partial charge in [-0.15, -0.1) is 11.8 Å². The van der Waals surface area contributed by atoms with E-state index in [1.165, 1.54) is 4.68 Å². The first-order valence-corrected chi connectivity index (χ1v) is 8.58. The van der Waals surface area contributed by atoms with Gasteiger partial charge in [0.05, 0.1) is 4.92 Å². The molecule has 2 aromatic rings. The van der Waals surface area contributed by atoms with Crippen LogP contribution in [0.5, 0.6) is 0 Å². The lowest BCUT2D eigenvalue weighted by molar-refractivity contribution is -0.386. The molecule has 0 aliphatic heterocycles. The Morgan fingerprint density at radius 2 is 2.04 bits per heavy atom. The maximum absolute atomic E-state index is 11.9. The molecule has 7 nitrogen and oxygen atoms in total. The normalized spacial score (nSPS) is 10.6. The van der Waals surface area contributed by atoms with Gasteiger partial charge in [-0.2, -0.15) is 5.10 Å². The van der Waals surface area contributed by atoms with Crippen LogP contribution in [0.4, 0.5) is 5.69 Å². The molecular formula is C15H17ClN4O3S. The number of halogens is 1. The molecule has 0 atom stereocenters. The molecule has 1 aromatic heterocycles. The number of thioether (sulfide) groups is 1. The number of hydrogen-bond acceptors (Lipinski definition) is 5. The van der Waals surface area contributed by atoms with Crippen LogP contribution in [0.2, 0.25) is 5.02 Å². The van der Waals surface area contributed by atoms with Gasteiger partial charge in [0.15, 0.2) is 0 Å². The van der Waals surface area contributed by atoms with E-state index < -0.39 is 4.92 Å². The molecule has 1 aromatic carbocycles. The van der Waals surface area contributed by atoms with Gasteiger partial charge in [-0.3, -0.25) is 19.6 Å². The summed E-state index contributed by atoms with van der Waals surface area (Å²) in [5.41, 5.74) is 0.646. The topological polar surface area (TPSA) is 90.1 Å². The average Bonchev–Trinajstić information content (AvgIpc) is 2.79. The van der Waals surface area contributed by atoms with Crippen molar-refractivity contribution in [1.29, 1.82) is 0 Å². The molecular weight excluding hydrogens is 352 g/mol. The largest absolute Gasteiger partial charge is 0.354 e. The Labute approximate surface area is 148 Å². The summed E-state index contributed by atoms with van der Waals surface area (Å²) in [6.07, 6.45) is 0. The van der Waals surface area contributed by atoms with Crippen LogP contribution in [-0.4, -0.2) is 32.9 Å². The molecule has 9 heteroatoms. The van der Waals surface area contributed by atoms with E-state index in [9.17, 15) is 14.9 Å². The minimum absolute atomic E-state index is 0.0356. The smallest absolute Gasteiger partial charge is 0.312 e. The number of aryl methyl sites for hydroxylation is 1. The molecule has 24 heavy (non-hydrogen) atoms. The molecule has 0 saturated heterocycles. The first-order valence-electron chi connectivity index (χ1n) is 7.22. The third-order valence-electron chi connectivity index (χ3n) is 3.33. The van der Waals surface area contributed by atoms with Gasteiger partial charge in [-0.05, 0) is 38.1 Å². The fourth-order valence-corrected chi connectivity index (χ4v) is 3.08. The van der Waals surface area contributed by atoms with Crippen molar-refractivity contribution >= 4 is 35.0 Å². The predicted molar refractivity (Wildman–Crippen MR) is 93.5 cm³/mol. The molecule has 128 valence electrons. The van der Waals surface area contributed by atoms with Gasteiger partial charge in [0.1, 0.15) is 17.9 Å². The minimum atomic E-state index is -0.477. The second kappa shape index (κ2) is 8.16. The zero-order valence-corrected chi connectivity index (χ0v) is 14.9.